The van der Waals surface area contributed by atoms with Crippen LogP contribution in [0.5, 0.6) is 5.75 Å². The number of anilines is 1. The largest absolute Gasteiger partial charge is 0.487 e. The number of benzene rings is 2. The summed E-state index contributed by atoms with van der Waals surface area (Å²) >= 11 is 0. The molecule has 0 radical (unpaired) electrons. The molecule has 2 heterocycles. The van der Waals surface area contributed by atoms with Gasteiger partial charge in [-0.3, -0.25) is 4.79 Å². The molecule has 4 rings (SSSR count). The highest BCUT2D eigenvalue weighted by molar-refractivity contribution is 6.04. The average molecular weight is 389 g/mol. The lowest BCUT2D eigenvalue weighted by Crippen LogP contribution is -2.13. The molecule has 1 N–H and O–H groups in total. The number of rotatable bonds is 5. The number of fused-ring (bicyclic) bond motifs is 1. The van der Waals surface area contributed by atoms with Crippen molar-refractivity contribution in [2.75, 3.05) is 5.32 Å². The van der Waals surface area contributed by atoms with E-state index in [0.717, 1.165) is 16.9 Å². The number of aryl methyl sites for hydroxylation is 2. The van der Waals surface area contributed by atoms with Crippen LogP contribution in [0, 0.1) is 19.7 Å². The summed E-state index contributed by atoms with van der Waals surface area (Å²) in [6.45, 7) is 4.07. The van der Waals surface area contributed by atoms with E-state index in [0.29, 0.717) is 29.2 Å². The lowest BCUT2D eigenvalue weighted by molar-refractivity contribution is 0.102. The number of aromatic nitrogens is 2. The number of ether oxygens (including phenoxy) is 1. The van der Waals surface area contributed by atoms with Gasteiger partial charge in [0.15, 0.2) is 0 Å². The smallest absolute Gasteiger partial charge is 0.255 e. The molecule has 6 heteroatoms. The number of hydrogen-bond donors (Lipinski definition) is 1. The predicted molar refractivity (Wildman–Crippen MR) is 110 cm³/mol. The Morgan fingerprint density at radius 3 is 2.79 bits per heavy atom. The van der Waals surface area contributed by atoms with Crippen LogP contribution < -0.4 is 10.1 Å². The summed E-state index contributed by atoms with van der Waals surface area (Å²) in [4.78, 5) is 17.1. The summed E-state index contributed by atoms with van der Waals surface area (Å²) in [6, 6.07) is 15.1. The van der Waals surface area contributed by atoms with Gasteiger partial charge in [0, 0.05) is 23.6 Å². The highest BCUT2D eigenvalue weighted by Crippen LogP contribution is 2.19. The number of amides is 1. The zero-order chi connectivity index (χ0) is 20.4. The first-order valence-corrected chi connectivity index (χ1v) is 9.22. The number of pyridine rings is 1. The van der Waals surface area contributed by atoms with E-state index in [1.807, 2.05) is 35.9 Å². The van der Waals surface area contributed by atoms with Crippen molar-refractivity contribution in [3.05, 3.63) is 95.2 Å². The molecule has 0 spiro atoms. The molecule has 0 aliphatic rings. The van der Waals surface area contributed by atoms with Gasteiger partial charge in [0.05, 0.1) is 5.69 Å². The van der Waals surface area contributed by atoms with Gasteiger partial charge in [-0.05, 0) is 67.4 Å². The maximum absolute atomic E-state index is 13.2. The first kappa shape index (κ1) is 18.7. The average Bonchev–Trinajstić information content (AvgIpc) is 3.10. The van der Waals surface area contributed by atoms with E-state index < -0.39 is 0 Å². The monoisotopic (exact) mass is 389 g/mol. The lowest BCUT2D eigenvalue weighted by Gasteiger charge is -2.10. The third-order valence-corrected chi connectivity index (χ3v) is 4.57. The standard InChI is InChI=1S/C23H20FN3O2/c1-15-6-9-22-25-19(13-27(22)12-15)14-29-20-5-3-4-17(11-20)23(28)26-21-8-7-18(24)10-16(21)2/h3-13H,14H2,1-2H3,(H,26,28). The zero-order valence-electron chi connectivity index (χ0n) is 16.1. The molecule has 0 unspecified atom stereocenters. The Morgan fingerprint density at radius 2 is 1.97 bits per heavy atom. The van der Waals surface area contributed by atoms with E-state index in [2.05, 4.69) is 10.3 Å². The normalized spacial score (nSPS) is 10.9. The van der Waals surface area contributed by atoms with Gasteiger partial charge in [-0.15, -0.1) is 0 Å². The first-order valence-electron chi connectivity index (χ1n) is 9.22. The number of carbonyl (C=O) groups excluding carboxylic acids is 1. The van der Waals surface area contributed by atoms with Crippen LogP contribution >= 0.6 is 0 Å². The minimum Gasteiger partial charge on any atom is -0.487 e. The van der Waals surface area contributed by atoms with Crippen LogP contribution in [-0.4, -0.2) is 15.3 Å². The van der Waals surface area contributed by atoms with Crippen molar-refractivity contribution in [2.45, 2.75) is 20.5 Å². The molecule has 0 fully saturated rings. The van der Waals surface area contributed by atoms with E-state index in [-0.39, 0.29) is 11.7 Å². The summed E-state index contributed by atoms with van der Waals surface area (Å²) in [7, 11) is 0. The number of carbonyl (C=O) groups is 1. The molecule has 0 bridgehead atoms. The zero-order valence-corrected chi connectivity index (χ0v) is 16.1. The third kappa shape index (κ3) is 4.27. The van der Waals surface area contributed by atoms with Gasteiger partial charge in [-0.1, -0.05) is 12.1 Å². The van der Waals surface area contributed by atoms with Crippen molar-refractivity contribution in [3.63, 3.8) is 0 Å². The number of nitrogens with zero attached hydrogens (tertiary/aromatic N) is 2. The fourth-order valence-electron chi connectivity index (χ4n) is 3.07. The van der Waals surface area contributed by atoms with Gasteiger partial charge in [-0.2, -0.15) is 0 Å². The van der Waals surface area contributed by atoms with Gasteiger partial charge in [0.2, 0.25) is 0 Å². The van der Waals surface area contributed by atoms with Crippen molar-refractivity contribution >= 4 is 17.2 Å². The van der Waals surface area contributed by atoms with Crippen LogP contribution in [0.1, 0.15) is 27.2 Å². The number of hydrogen-bond acceptors (Lipinski definition) is 3. The Labute approximate surface area is 167 Å². The minimum absolute atomic E-state index is 0.284. The maximum Gasteiger partial charge on any atom is 0.255 e. The Balaban J connectivity index is 1.45. The van der Waals surface area contributed by atoms with Crippen molar-refractivity contribution in [2.24, 2.45) is 0 Å². The van der Waals surface area contributed by atoms with Crippen LogP contribution in [0.3, 0.4) is 0 Å². The molecule has 0 aliphatic carbocycles. The molecule has 0 atom stereocenters. The first-order chi connectivity index (χ1) is 14.0. The van der Waals surface area contributed by atoms with Crippen LogP contribution in [0.25, 0.3) is 5.65 Å². The van der Waals surface area contributed by atoms with E-state index >= 15 is 0 Å². The van der Waals surface area contributed by atoms with Gasteiger partial charge < -0.3 is 14.5 Å². The molecule has 1 amide bonds. The maximum atomic E-state index is 13.2. The molecule has 4 aromatic rings. The van der Waals surface area contributed by atoms with Crippen molar-refractivity contribution < 1.29 is 13.9 Å². The van der Waals surface area contributed by atoms with Crippen LogP contribution in [-0.2, 0) is 6.61 Å². The van der Waals surface area contributed by atoms with Gasteiger partial charge in [-0.25, -0.2) is 9.37 Å². The van der Waals surface area contributed by atoms with E-state index in [1.54, 1.807) is 37.3 Å². The second kappa shape index (κ2) is 7.75. The summed E-state index contributed by atoms with van der Waals surface area (Å²) in [6.07, 6.45) is 3.93. The minimum atomic E-state index is -0.335. The molecule has 0 aliphatic heterocycles. The van der Waals surface area contributed by atoms with Crippen molar-refractivity contribution in [1.82, 2.24) is 9.38 Å². The number of nitrogens with one attached hydrogen (secondary N) is 1. The summed E-state index contributed by atoms with van der Waals surface area (Å²) in [5.41, 5.74) is 4.49. The lowest BCUT2D eigenvalue weighted by atomic mass is 10.1. The Hall–Kier alpha value is -3.67. The SMILES string of the molecule is Cc1ccc2nc(COc3cccc(C(=O)Nc4ccc(F)cc4C)c3)cn2c1. The Bertz CT molecular complexity index is 1200. The fraction of sp³-hybridized carbons (Fsp3) is 0.130. The fourth-order valence-corrected chi connectivity index (χ4v) is 3.07. The number of halogens is 1. The summed E-state index contributed by atoms with van der Waals surface area (Å²) in [5, 5.41) is 2.80. The van der Waals surface area contributed by atoms with Gasteiger partial charge in [0.1, 0.15) is 23.8 Å². The van der Waals surface area contributed by atoms with Crippen LogP contribution in [0.15, 0.2) is 67.0 Å². The predicted octanol–water partition coefficient (Wildman–Crippen LogP) is 4.92. The summed E-state index contributed by atoms with van der Waals surface area (Å²) < 4.78 is 21.0. The quantitative estimate of drug-likeness (QED) is 0.527. The number of imidazole rings is 1. The van der Waals surface area contributed by atoms with Gasteiger partial charge in [0.25, 0.3) is 5.91 Å². The molecule has 2 aromatic carbocycles. The Kier molecular flexibility index (Phi) is 4.99. The molecule has 2 aromatic heterocycles. The Morgan fingerprint density at radius 1 is 1.10 bits per heavy atom. The topological polar surface area (TPSA) is 55.6 Å². The molecular formula is C23H20FN3O2. The van der Waals surface area contributed by atoms with Crippen molar-refractivity contribution in [1.29, 1.82) is 0 Å². The van der Waals surface area contributed by atoms with E-state index in [1.165, 1.54) is 12.1 Å². The van der Waals surface area contributed by atoms with Crippen LogP contribution in [0.4, 0.5) is 10.1 Å². The summed E-state index contributed by atoms with van der Waals surface area (Å²) in [5.74, 6) is -0.0481. The molecule has 29 heavy (non-hydrogen) atoms. The molecular weight excluding hydrogens is 369 g/mol. The second-order valence-electron chi connectivity index (χ2n) is 6.93. The molecule has 0 saturated heterocycles. The third-order valence-electron chi connectivity index (χ3n) is 4.57. The van der Waals surface area contributed by atoms with E-state index in [4.69, 9.17) is 4.74 Å². The van der Waals surface area contributed by atoms with Crippen molar-refractivity contribution in [3.8, 4) is 5.75 Å². The molecule has 5 nitrogen and oxygen atoms in total. The highest BCUT2D eigenvalue weighted by Gasteiger charge is 2.10. The molecule has 146 valence electrons. The second-order valence-corrected chi connectivity index (χ2v) is 6.93. The highest BCUT2D eigenvalue weighted by atomic mass is 19.1. The van der Waals surface area contributed by atoms with Gasteiger partial charge >= 0.3 is 0 Å². The van der Waals surface area contributed by atoms with E-state index in [9.17, 15) is 9.18 Å². The molecule has 0 saturated carbocycles. The van der Waals surface area contributed by atoms with Crippen LogP contribution in [0.2, 0.25) is 0 Å².